The molecular formula is C54H39NP2S2. The van der Waals surface area contributed by atoms with Crippen LogP contribution in [0.1, 0.15) is 0 Å². The van der Waals surface area contributed by atoms with Crippen molar-refractivity contribution < 1.29 is 0 Å². The lowest BCUT2D eigenvalue weighted by molar-refractivity contribution is 1.18. The van der Waals surface area contributed by atoms with Crippen LogP contribution in [0.25, 0.3) is 49.7 Å². The first-order valence-corrected chi connectivity index (χ1v) is 25.3. The van der Waals surface area contributed by atoms with Crippen LogP contribution in [0.4, 0.5) is 0 Å². The summed E-state index contributed by atoms with van der Waals surface area (Å²) < 4.78 is 2.41. The zero-order chi connectivity index (χ0) is 39.4. The maximum atomic E-state index is 2.41. The van der Waals surface area contributed by atoms with E-state index in [9.17, 15) is 0 Å². The van der Waals surface area contributed by atoms with E-state index in [2.05, 4.69) is 241 Å². The molecule has 10 rings (SSSR count). The lowest BCUT2D eigenvalue weighted by Gasteiger charge is -2.18. The van der Waals surface area contributed by atoms with Crippen LogP contribution in [0.5, 0.6) is 0 Å². The Hall–Kier alpha value is -5.66. The Morgan fingerprint density at radius 2 is 0.593 bits per heavy atom. The van der Waals surface area contributed by atoms with Crippen molar-refractivity contribution in [3.8, 4) is 27.9 Å². The number of nitrogens with zero attached hydrogens (tertiary/aromatic N) is 1. The van der Waals surface area contributed by atoms with Crippen molar-refractivity contribution in [2.75, 3.05) is 0 Å². The Bertz CT molecular complexity index is 2690. The van der Waals surface area contributed by atoms with Gasteiger partial charge >= 0.3 is 0 Å². The van der Waals surface area contributed by atoms with E-state index in [0.29, 0.717) is 0 Å². The van der Waals surface area contributed by atoms with E-state index in [1.807, 2.05) is 22.8 Å². The Morgan fingerprint density at radius 1 is 0.288 bits per heavy atom. The second-order valence-corrected chi connectivity index (χ2v) is 22.1. The zero-order valence-electron chi connectivity index (χ0n) is 32.2. The molecule has 0 aliphatic heterocycles. The molecule has 1 nitrogen and oxygen atoms in total. The van der Waals surface area contributed by atoms with Crippen LogP contribution in [-0.2, 0) is 0 Å². The van der Waals surface area contributed by atoms with E-state index < -0.39 is 14.2 Å². The van der Waals surface area contributed by atoms with Crippen molar-refractivity contribution >= 4 is 80.0 Å². The molecule has 282 valence electrons. The summed E-state index contributed by atoms with van der Waals surface area (Å²) >= 11 is 3.93. The molecule has 0 saturated heterocycles. The van der Waals surface area contributed by atoms with E-state index in [0.717, 1.165) is 5.69 Å². The number of aromatic nitrogens is 1. The molecule has 0 atom stereocenters. The van der Waals surface area contributed by atoms with Crippen molar-refractivity contribution in [3.63, 3.8) is 0 Å². The van der Waals surface area contributed by atoms with E-state index in [1.165, 1.54) is 75.1 Å². The fraction of sp³-hybridized carbons (Fsp3) is 0. The Kier molecular flexibility index (Phi) is 11.0. The van der Waals surface area contributed by atoms with Gasteiger partial charge in [-0.1, -0.05) is 199 Å². The summed E-state index contributed by atoms with van der Waals surface area (Å²) in [6.07, 6.45) is 0. The average molecular weight is 828 g/mol. The van der Waals surface area contributed by atoms with Gasteiger partial charge in [-0.05, 0) is 104 Å². The Balaban J connectivity index is 0.983. The first-order valence-electron chi connectivity index (χ1n) is 19.8. The highest BCUT2D eigenvalue weighted by Crippen LogP contribution is 2.53. The number of para-hydroxylation sites is 1. The van der Waals surface area contributed by atoms with Crippen LogP contribution < -0.4 is 21.2 Å². The minimum atomic E-state index is -0.589. The monoisotopic (exact) mass is 827 g/mol. The van der Waals surface area contributed by atoms with E-state index >= 15 is 0 Å². The molecule has 0 N–H and O–H groups in total. The highest BCUT2D eigenvalue weighted by atomic mass is 32.7. The quantitative estimate of drug-likeness (QED) is 0.120. The maximum Gasteiger partial charge on any atom is 0.0541 e. The highest BCUT2D eigenvalue weighted by molar-refractivity contribution is 8.60. The SMILES string of the molecule is c1ccc(-n2c3ccc(-c4ccc(SP(c5ccccc5)c5ccccc5)cc4)cc3c3cc(-c4ccc(SP(c5ccccc5)c5ccccc5)cc4)ccc32)cc1. The fourth-order valence-corrected chi connectivity index (χ4v) is 16.1. The standard InChI is InChI=1S/C54H39NP2S2/c1-6-16-44(17-7-1)55-53-36-30-42(40-26-32-49(33-27-40)58-56(45-18-8-2-9-19-45)46-20-10-3-11-21-46)38-51(53)52-39-43(31-37-54(52)55)41-28-34-50(35-29-41)59-57(47-22-12-4-13-23-47)48-24-14-5-15-25-48/h1-39H. The molecule has 59 heavy (non-hydrogen) atoms. The molecule has 0 radical (unpaired) electrons. The number of hydrogen-bond donors (Lipinski definition) is 0. The van der Waals surface area contributed by atoms with Gasteiger partial charge in [0.2, 0.25) is 0 Å². The Labute approximate surface area is 356 Å². The molecule has 10 aromatic rings. The van der Waals surface area contributed by atoms with Crippen LogP contribution in [0, 0.1) is 0 Å². The third kappa shape index (κ3) is 8.05. The van der Waals surface area contributed by atoms with Crippen molar-refractivity contribution in [1.82, 2.24) is 4.57 Å². The molecule has 0 amide bonds. The normalized spacial score (nSPS) is 11.5. The lowest BCUT2D eigenvalue weighted by atomic mass is 10.0. The minimum absolute atomic E-state index is 0.589. The third-order valence-corrected chi connectivity index (χ3v) is 19.8. The van der Waals surface area contributed by atoms with Crippen LogP contribution >= 0.6 is 37.0 Å². The molecule has 1 aromatic heterocycles. The first kappa shape index (κ1) is 37.6. The molecule has 0 aliphatic carbocycles. The van der Waals surface area contributed by atoms with Crippen LogP contribution in [-0.4, -0.2) is 4.57 Å². The average Bonchev–Trinajstić information content (AvgIpc) is 3.65. The van der Waals surface area contributed by atoms with Crippen molar-refractivity contribution in [1.29, 1.82) is 0 Å². The van der Waals surface area contributed by atoms with E-state index in [-0.39, 0.29) is 0 Å². The summed E-state index contributed by atoms with van der Waals surface area (Å²) in [4.78, 5) is 2.56. The summed E-state index contributed by atoms with van der Waals surface area (Å²) in [5, 5.41) is 8.00. The number of hydrogen-bond acceptors (Lipinski definition) is 2. The number of fused-ring (bicyclic) bond motifs is 3. The summed E-state index contributed by atoms with van der Waals surface area (Å²) in [6, 6.07) is 86.7. The van der Waals surface area contributed by atoms with Crippen LogP contribution in [0.2, 0.25) is 0 Å². The third-order valence-electron chi connectivity index (χ3n) is 10.5. The lowest BCUT2D eigenvalue weighted by Crippen LogP contribution is -2.08. The number of benzene rings is 9. The van der Waals surface area contributed by atoms with Gasteiger partial charge in [-0.3, -0.25) is 0 Å². The molecule has 5 heteroatoms. The number of rotatable bonds is 11. The predicted molar refractivity (Wildman–Crippen MR) is 262 cm³/mol. The van der Waals surface area contributed by atoms with Gasteiger partial charge in [-0.25, -0.2) is 0 Å². The van der Waals surface area contributed by atoms with Gasteiger partial charge in [0.1, 0.15) is 0 Å². The molecule has 9 aromatic carbocycles. The molecule has 0 fully saturated rings. The highest BCUT2D eigenvalue weighted by Gasteiger charge is 2.19. The van der Waals surface area contributed by atoms with E-state index in [1.54, 1.807) is 0 Å². The molecule has 0 saturated carbocycles. The van der Waals surface area contributed by atoms with Crippen molar-refractivity contribution in [2.45, 2.75) is 9.79 Å². The largest absolute Gasteiger partial charge is 0.309 e. The van der Waals surface area contributed by atoms with Gasteiger partial charge in [-0.2, -0.15) is 0 Å². The molecule has 0 spiro atoms. The Morgan fingerprint density at radius 3 is 0.932 bits per heavy atom. The topological polar surface area (TPSA) is 4.93 Å². The summed E-state index contributed by atoms with van der Waals surface area (Å²) in [6.45, 7) is 0. The predicted octanol–water partition coefficient (Wildman–Crippen LogP) is 14.4. The zero-order valence-corrected chi connectivity index (χ0v) is 35.6. The molecule has 0 bridgehead atoms. The fourth-order valence-electron chi connectivity index (χ4n) is 7.63. The van der Waals surface area contributed by atoms with Gasteiger partial charge in [-0.15, -0.1) is 0 Å². The van der Waals surface area contributed by atoms with Crippen molar-refractivity contribution in [2.24, 2.45) is 0 Å². The molecular weight excluding hydrogens is 789 g/mol. The van der Waals surface area contributed by atoms with Crippen LogP contribution in [0.3, 0.4) is 0 Å². The molecule has 0 aliphatic rings. The summed E-state index contributed by atoms with van der Waals surface area (Å²) in [5.74, 6) is 0. The van der Waals surface area contributed by atoms with Gasteiger partial charge < -0.3 is 4.57 Å². The minimum Gasteiger partial charge on any atom is -0.309 e. The molecule has 0 unspecified atom stereocenters. The second kappa shape index (κ2) is 17.3. The maximum absolute atomic E-state index is 2.41. The summed E-state index contributed by atoms with van der Waals surface area (Å²) in [7, 11) is -1.18. The van der Waals surface area contributed by atoms with Crippen LogP contribution in [0.15, 0.2) is 246 Å². The second-order valence-electron chi connectivity index (χ2n) is 14.3. The van der Waals surface area contributed by atoms with Gasteiger partial charge in [0.25, 0.3) is 0 Å². The van der Waals surface area contributed by atoms with Gasteiger partial charge in [0.15, 0.2) is 0 Å². The van der Waals surface area contributed by atoms with Crippen molar-refractivity contribution in [3.05, 3.63) is 237 Å². The van der Waals surface area contributed by atoms with E-state index in [4.69, 9.17) is 0 Å². The first-order chi connectivity index (χ1) is 29.2. The molecule has 1 heterocycles. The smallest absolute Gasteiger partial charge is 0.0541 e. The summed E-state index contributed by atoms with van der Waals surface area (Å²) in [5.41, 5.74) is 8.45. The van der Waals surface area contributed by atoms with Gasteiger partial charge in [0.05, 0.1) is 11.0 Å². The van der Waals surface area contributed by atoms with Gasteiger partial charge in [0, 0.05) is 40.5 Å².